The number of rotatable bonds is 3. The van der Waals surface area contributed by atoms with Gasteiger partial charge in [0.25, 0.3) is 5.88 Å². The van der Waals surface area contributed by atoms with E-state index in [-0.39, 0.29) is 19.1 Å². The van der Waals surface area contributed by atoms with Crippen LogP contribution in [-0.4, -0.2) is 34.1 Å². The lowest BCUT2D eigenvalue weighted by Crippen LogP contribution is -1.95. The summed E-state index contributed by atoms with van der Waals surface area (Å²) in [6.45, 7) is 0. The Hall–Kier alpha value is -1.95. The number of methoxy groups -OCH3 is 2. The topological polar surface area (TPSA) is 69.4 Å². The van der Waals surface area contributed by atoms with Crippen LogP contribution in [0.2, 0.25) is 5.02 Å². The van der Waals surface area contributed by atoms with Crippen molar-refractivity contribution in [1.82, 2.24) is 14.8 Å². The first-order valence-corrected chi connectivity index (χ1v) is 5.46. The van der Waals surface area contributed by atoms with Crippen molar-refractivity contribution >= 4 is 11.6 Å². The zero-order valence-corrected chi connectivity index (χ0v) is 10.9. The van der Waals surface area contributed by atoms with E-state index >= 15 is 0 Å². The zero-order chi connectivity index (χ0) is 13.3. The van der Waals surface area contributed by atoms with Gasteiger partial charge in [-0.15, -0.1) is 0 Å². The molecule has 104 valence electrons. The van der Waals surface area contributed by atoms with E-state index in [0.717, 1.165) is 0 Å². The Balaban J connectivity index is 0.00000180. The molecule has 0 unspecified atom stereocenters. The molecule has 7 heteroatoms. The molecule has 19 heavy (non-hydrogen) atoms. The van der Waals surface area contributed by atoms with E-state index in [4.69, 9.17) is 21.1 Å². The van der Waals surface area contributed by atoms with Crippen LogP contribution in [0.3, 0.4) is 0 Å². The molecule has 1 N–H and O–H groups in total. The molecule has 0 amide bonds. The minimum atomic E-state index is -0.0527. The Morgan fingerprint density at radius 3 is 2.47 bits per heavy atom. The molecule has 0 radical (unpaired) electrons. The van der Waals surface area contributed by atoms with Gasteiger partial charge in [-0.25, -0.2) is 9.67 Å². The third-order valence-electron chi connectivity index (χ3n) is 2.44. The molecule has 0 aliphatic rings. The van der Waals surface area contributed by atoms with Crippen LogP contribution in [-0.2, 0) is 7.05 Å². The Labute approximate surface area is 116 Å². The van der Waals surface area contributed by atoms with Gasteiger partial charge >= 0.3 is 0 Å². The van der Waals surface area contributed by atoms with Gasteiger partial charge in [0.1, 0.15) is 10.7 Å². The molecule has 0 spiro atoms. The molecular formula is C12H16ClN3O3. The third-order valence-corrected chi connectivity index (χ3v) is 2.71. The predicted octanol–water partition coefficient (Wildman–Crippen LogP) is 2.49. The molecule has 0 aliphatic carbocycles. The van der Waals surface area contributed by atoms with E-state index in [2.05, 4.69) is 10.1 Å². The summed E-state index contributed by atoms with van der Waals surface area (Å²) in [5.41, 5.74) is 0.934. The van der Waals surface area contributed by atoms with Crippen LogP contribution in [0.15, 0.2) is 12.3 Å². The largest absolute Gasteiger partial charge is 0.502 e. The maximum Gasteiger partial charge on any atom is 0.255 e. The second-order valence-electron chi connectivity index (χ2n) is 3.55. The highest BCUT2D eigenvalue weighted by Crippen LogP contribution is 2.37. The first-order valence-electron chi connectivity index (χ1n) is 5.08. The van der Waals surface area contributed by atoms with Crippen LogP contribution in [0.4, 0.5) is 0 Å². The fourth-order valence-electron chi connectivity index (χ4n) is 1.63. The minimum Gasteiger partial charge on any atom is -0.502 e. The van der Waals surface area contributed by atoms with E-state index in [0.29, 0.717) is 22.2 Å². The lowest BCUT2D eigenvalue weighted by Gasteiger charge is -2.03. The Bertz CT molecular complexity index is 584. The maximum atomic E-state index is 9.97. The summed E-state index contributed by atoms with van der Waals surface area (Å²) in [4.78, 5) is 4.02. The number of hydrogen-bond acceptors (Lipinski definition) is 5. The molecule has 0 atom stereocenters. The van der Waals surface area contributed by atoms with Crippen LogP contribution in [0, 0.1) is 0 Å². The van der Waals surface area contributed by atoms with Gasteiger partial charge in [0, 0.05) is 18.8 Å². The van der Waals surface area contributed by atoms with Crippen LogP contribution in [0.1, 0.15) is 7.43 Å². The van der Waals surface area contributed by atoms with Gasteiger partial charge in [0.05, 0.1) is 14.2 Å². The van der Waals surface area contributed by atoms with Crippen molar-refractivity contribution < 1.29 is 14.6 Å². The second kappa shape index (κ2) is 5.79. The second-order valence-corrected chi connectivity index (χ2v) is 3.95. The highest BCUT2D eigenvalue weighted by Gasteiger charge is 2.18. The highest BCUT2D eigenvalue weighted by atomic mass is 35.5. The molecule has 0 saturated carbocycles. The molecule has 0 fully saturated rings. The molecule has 0 saturated heterocycles. The quantitative estimate of drug-likeness (QED) is 0.938. The molecular weight excluding hydrogens is 270 g/mol. The number of ether oxygens (including phenoxy) is 2. The molecule has 0 aliphatic heterocycles. The first kappa shape index (κ1) is 15.1. The summed E-state index contributed by atoms with van der Waals surface area (Å²) < 4.78 is 11.4. The number of aryl methyl sites for hydroxylation is 1. The van der Waals surface area contributed by atoms with Crippen molar-refractivity contribution in [3.63, 3.8) is 0 Å². The van der Waals surface area contributed by atoms with Gasteiger partial charge in [-0.3, -0.25) is 0 Å². The van der Waals surface area contributed by atoms with Crippen molar-refractivity contribution in [2.24, 2.45) is 7.05 Å². The normalized spacial score (nSPS) is 9.89. The summed E-state index contributed by atoms with van der Waals surface area (Å²) in [5, 5.41) is 14.5. The maximum absolute atomic E-state index is 9.97. The lowest BCUT2D eigenvalue weighted by molar-refractivity contribution is 0.345. The number of hydrogen-bond donors (Lipinski definition) is 1. The number of halogens is 1. The van der Waals surface area contributed by atoms with Crippen molar-refractivity contribution in [2.45, 2.75) is 7.43 Å². The van der Waals surface area contributed by atoms with E-state index in [9.17, 15) is 5.11 Å². The molecule has 6 nitrogen and oxygen atoms in total. The minimum absolute atomic E-state index is 0. The van der Waals surface area contributed by atoms with Crippen molar-refractivity contribution in [2.75, 3.05) is 14.2 Å². The molecule has 2 rings (SSSR count). The summed E-state index contributed by atoms with van der Waals surface area (Å²) in [6.07, 6.45) is 1.52. The van der Waals surface area contributed by atoms with Crippen molar-refractivity contribution in [3.8, 4) is 28.8 Å². The standard InChI is InChI=1S/C11H12ClN3O3.CH4/c1-15-11(18-3)9(16)8(14-15)6-4-7(12)10(17-2)13-5-6;/h4-5,16H,1-3H3;1H4. The average molecular weight is 286 g/mol. The number of nitrogens with zero attached hydrogens (tertiary/aromatic N) is 3. The molecule has 0 aromatic carbocycles. The Morgan fingerprint density at radius 2 is 2.00 bits per heavy atom. The van der Waals surface area contributed by atoms with Gasteiger partial charge in [0.15, 0.2) is 0 Å². The van der Waals surface area contributed by atoms with Crippen LogP contribution >= 0.6 is 11.6 Å². The average Bonchev–Trinajstić information content (AvgIpc) is 2.64. The zero-order valence-electron chi connectivity index (χ0n) is 10.1. The third kappa shape index (κ3) is 2.58. The fourth-order valence-corrected chi connectivity index (χ4v) is 1.87. The molecule has 0 bridgehead atoms. The number of aromatic hydroxyl groups is 1. The van der Waals surface area contributed by atoms with Gasteiger partial charge in [-0.05, 0) is 6.07 Å². The molecule has 2 aromatic heterocycles. The monoisotopic (exact) mass is 285 g/mol. The highest BCUT2D eigenvalue weighted by molar-refractivity contribution is 6.32. The summed E-state index contributed by atoms with van der Waals surface area (Å²) in [5.74, 6) is 0.544. The smallest absolute Gasteiger partial charge is 0.255 e. The van der Waals surface area contributed by atoms with Crippen molar-refractivity contribution in [3.05, 3.63) is 17.3 Å². The van der Waals surface area contributed by atoms with E-state index in [1.807, 2.05) is 0 Å². The van der Waals surface area contributed by atoms with Gasteiger partial charge in [-0.1, -0.05) is 19.0 Å². The summed E-state index contributed by atoms with van der Waals surface area (Å²) in [6, 6.07) is 1.62. The Morgan fingerprint density at radius 1 is 1.32 bits per heavy atom. The van der Waals surface area contributed by atoms with Gasteiger partial charge in [0.2, 0.25) is 11.6 Å². The fraction of sp³-hybridized carbons (Fsp3) is 0.333. The SMILES string of the molecule is C.COc1ncc(-c2nn(C)c(OC)c2O)cc1Cl. The van der Waals surface area contributed by atoms with E-state index < -0.39 is 0 Å². The van der Waals surface area contributed by atoms with Crippen molar-refractivity contribution in [1.29, 1.82) is 0 Å². The predicted molar refractivity (Wildman–Crippen MR) is 72.9 cm³/mol. The summed E-state index contributed by atoms with van der Waals surface area (Å²) >= 11 is 5.98. The van der Waals surface area contributed by atoms with E-state index in [1.54, 1.807) is 13.1 Å². The first-order chi connectivity index (χ1) is 8.58. The summed E-state index contributed by atoms with van der Waals surface area (Å²) in [7, 11) is 4.61. The van der Waals surface area contributed by atoms with Gasteiger partial charge in [-0.2, -0.15) is 5.10 Å². The molecule has 2 aromatic rings. The van der Waals surface area contributed by atoms with Gasteiger partial charge < -0.3 is 14.6 Å². The lowest BCUT2D eigenvalue weighted by atomic mass is 10.2. The Kier molecular flexibility index (Phi) is 4.61. The van der Waals surface area contributed by atoms with Crippen LogP contribution in [0.5, 0.6) is 17.5 Å². The van der Waals surface area contributed by atoms with Crippen LogP contribution < -0.4 is 9.47 Å². The molecule has 2 heterocycles. The van der Waals surface area contributed by atoms with Crippen LogP contribution in [0.25, 0.3) is 11.3 Å². The van der Waals surface area contributed by atoms with E-state index in [1.165, 1.54) is 25.1 Å². The number of aromatic nitrogens is 3. The number of pyridine rings is 1.